The molecule has 1 nitrogen and oxygen atoms in total. The van der Waals surface area contributed by atoms with Crippen molar-refractivity contribution in [3.63, 3.8) is 0 Å². The Morgan fingerprint density at radius 3 is 2.79 bits per heavy atom. The molecule has 0 aromatic heterocycles. The Kier molecular flexibility index (Phi) is 4.69. The van der Waals surface area contributed by atoms with Crippen LogP contribution in [0.15, 0.2) is 27.6 Å². The van der Waals surface area contributed by atoms with E-state index in [1.54, 1.807) is 0 Å². The van der Waals surface area contributed by atoms with Gasteiger partial charge in [-0.1, -0.05) is 29.8 Å². The maximum absolute atomic E-state index is 10.6. The minimum atomic E-state index is 0.615. The first-order valence-corrected chi connectivity index (χ1v) is 6.26. The van der Waals surface area contributed by atoms with Crippen molar-refractivity contribution in [2.75, 3.05) is 0 Å². The zero-order valence-electron chi connectivity index (χ0n) is 8.29. The molecule has 1 aromatic rings. The van der Waals surface area contributed by atoms with E-state index in [2.05, 4.69) is 29.8 Å². The lowest BCUT2D eigenvalue weighted by molar-refractivity contribution is 0.112. The molecule has 0 aliphatic heterocycles. The highest BCUT2D eigenvalue weighted by Gasteiger charge is 2.04. The Bertz CT molecular complexity index is 325. The van der Waals surface area contributed by atoms with Crippen LogP contribution in [0.1, 0.15) is 30.6 Å². The van der Waals surface area contributed by atoms with Gasteiger partial charge >= 0.3 is 0 Å². The topological polar surface area (TPSA) is 17.1 Å². The quantitative estimate of drug-likeness (QED) is 0.605. The van der Waals surface area contributed by atoms with Crippen molar-refractivity contribution in [1.82, 2.24) is 0 Å². The van der Waals surface area contributed by atoms with Gasteiger partial charge in [0.05, 0.1) is 0 Å². The summed E-state index contributed by atoms with van der Waals surface area (Å²) in [4.78, 5) is 11.8. The zero-order chi connectivity index (χ0) is 10.6. The molecule has 0 saturated carbocycles. The lowest BCUT2D eigenvalue weighted by atomic mass is 10.2. The average molecular weight is 273 g/mol. The van der Waals surface area contributed by atoms with Gasteiger partial charge in [0.25, 0.3) is 0 Å². The molecule has 14 heavy (non-hydrogen) atoms. The Hall–Kier alpha value is -0.280. The number of halogens is 1. The first kappa shape index (κ1) is 11.8. The Balaban J connectivity index is 2.81. The van der Waals surface area contributed by atoms with Crippen molar-refractivity contribution >= 4 is 34.0 Å². The summed E-state index contributed by atoms with van der Waals surface area (Å²) in [7, 11) is 0. The summed E-state index contributed by atoms with van der Waals surface area (Å²) >= 11 is 5.21. The zero-order valence-corrected chi connectivity index (χ0v) is 10.7. The number of carbonyl (C=O) groups excluding carboxylic acids is 1. The van der Waals surface area contributed by atoms with Crippen LogP contribution in [0.25, 0.3) is 0 Å². The van der Waals surface area contributed by atoms with Crippen molar-refractivity contribution in [3.8, 4) is 0 Å². The predicted molar refractivity (Wildman–Crippen MR) is 65.1 cm³/mol. The van der Waals surface area contributed by atoms with Gasteiger partial charge in [-0.2, -0.15) is 0 Å². The maximum atomic E-state index is 10.6. The summed E-state index contributed by atoms with van der Waals surface area (Å²) in [6, 6.07) is 5.84. The summed E-state index contributed by atoms with van der Waals surface area (Å²) in [5.74, 6) is 0. The fourth-order valence-corrected chi connectivity index (χ4v) is 2.58. The first-order valence-electron chi connectivity index (χ1n) is 4.58. The highest BCUT2D eigenvalue weighted by molar-refractivity contribution is 9.10. The highest BCUT2D eigenvalue weighted by atomic mass is 79.9. The third-order valence-electron chi connectivity index (χ3n) is 2.01. The van der Waals surface area contributed by atoms with Crippen molar-refractivity contribution in [2.45, 2.75) is 30.4 Å². The van der Waals surface area contributed by atoms with Crippen LogP contribution in [-0.2, 0) is 0 Å². The summed E-state index contributed by atoms with van der Waals surface area (Å²) in [6.07, 6.45) is 2.01. The summed E-state index contributed by atoms with van der Waals surface area (Å²) in [5.41, 5.74) is 0.707. The van der Waals surface area contributed by atoms with Crippen molar-refractivity contribution in [1.29, 1.82) is 0 Å². The van der Waals surface area contributed by atoms with Crippen LogP contribution in [0.2, 0.25) is 0 Å². The van der Waals surface area contributed by atoms with E-state index in [0.29, 0.717) is 10.8 Å². The third-order valence-corrected chi connectivity index (χ3v) is 3.96. The van der Waals surface area contributed by atoms with E-state index in [-0.39, 0.29) is 0 Å². The van der Waals surface area contributed by atoms with Gasteiger partial charge in [0.2, 0.25) is 0 Å². The van der Waals surface area contributed by atoms with Crippen LogP contribution in [-0.4, -0.2) is 11.5 Å². The lowest BCUT2D eigenvalue weighted by Crippen LogP contribution is -1.92. The molecule has 1 aromatic carbocycles. The number of rotatable bonds is 4. The van der Waals surface area contributed by atoms with E-state index < -0.39 is 0 Å². The number of hydrogen-bond donors (Lipinski definition) is 0. The summed E-state index contributed by atoms with van der Waals surface area (Å²) in [5, 5.41) is 0.615. The summed E-state index contributed by atoms with van der Waals surface area (Å²) < 4.78 is 0.876. The van der Waals surface area contributed by atoms with Gasteiger partial charge in [0.1, 0.15) is 0 Å². The monoisotopic (exact) mass is 272 g/mol. The number of hydrogen-bond acceptors (Lipinski definition) is 2. The molecule has 0 aliphatic rings. The van der Waals surface area contributed by atoms with Gasteiger partial charge in [-0.15, -0.1) is 11.8 Å². The predicted octanol–water partition coefficient (Wildman–Crippen LogP) is 4.15. The molecule has 0 N–H and O–H groups in total. The number of thioether (sulfide) groups is 1. The molecule has 1 unspecified atom stereocenters. The van der Waals surface area contributed by atoms with Crippen molar-refractivity contribution in [3.05, 3.63) is 28.2 Å². The minimum absolute atomic E-state index is 0.615. The van der Waals surface area contributed by atoms with Gasteiger partial charge < -0.3 is 0 Å². The smallest absolute Gasteiger partial charge is 0.151 e. The molecule has 1 atom stereocenters. The summed E-state index contributed by atoms with van der Waals surface area (Å²) in [6.45, 7) is 4.37. The standard InChI is InChI=1S/C11H13BrOS/c1-3-8(2)14-10-5-4-9(7-13)11(12)6-10/h4-8H,3H2,1-2H3. The number of benzene rings is 1. The molecular formula is C11H13BrOS. The van der Waals surface area contributed by atoms with Crippen LogP contribution in [0.3, 0.4) is 0 Å². The molecular weight excluding hydrogens is 260 g/mol. The van der Waals surface area contributed by atoms with Crippen LogP contribution >= 0.6 is 27.7 Å². The van der Waals surface area contributed by atoms with Crippen LogP contribution in [0.5, 0.6) is 0 Å². The van der Waals surface area contributed by atoms with E-state index in [0.717, 1.165) is 17.2 Å². The fourth-order valence-electron chi connectivity index (χ4n) is 0.992. The highest BCUT2D eigenvalue weighted by Crippen LogP contribution is 2.28. The molecule has 0 bridgehead atoms. The van der Waals surface area contributed by atoms with E-state index >= 15 is 0 Å². The molecule has 1 rings (SSSR count). The van der Waals surface area contributed by atoms with Gasteiger partial charge in [0, 0.05) is 20.2 Å². The van der Waals surface area contributed by atoms with E-state index in [9.17, 15) is 4.79 Å². The average Bonchev–Trinajstić information content (AvgIpc) is 2.18. The van der Waals surface area contributed by atoms with Gasteiger partial charge in [0.15, 0.2) is 6.29 Å². The maximum Gasteiger partial charge on any atom is 0.151 e. The van der Waals surface area contributed by atoms with Crippen molar-refractivity contribution < 1.29 is 4.79 Å². The van der Waals surface area contributed by atoms with Gasteiger partial charge in [-0.25, -0.2) is 0 Å². The Morgan fingerprint density at radius 2 is 2.29 bits per heavy atom. The molecule has 0 spiro atoms. The van der Waals surface area contributed by atoms with E-state index in [1.165, 1.54) is 4.90 Å². The molecule has 3 heteroatoms. The van der Waals surface area contributed by atoms with Crippen LogP contribution in [0.4, 0.5) is 0 Å². The Labute approximate surface area is 97.4 Å². The lowest BCUT2D eigenvalue weighted by Gasteiger charge is -2.08. The van der Waals surface area contributed by atoms with Gasteiger partial charge in [-0.05, 0) is 24.6 Å². The fraction of sp³-hybridized carbons (Fsp3) is 0.364. The molecule has 0 saturated heterocycles. The molecule has 0 radical (unpaired) electrons. The molecule has 0 heterocycles. The largest absolute Gasteiger partial charge is 0.298 e. The molecule has 0 amide bonds. The van der Waals surface area contributed by atoms with Crippen molar-refractivity contribution in [2.24, 2.45) is 0 Å². The SMILES string of the molecule is CCC(C)Sc1ccc(C=O)c(Br)c1. The normalized spacial score (nSPS) is 12.5. The first-order chi connectivity index (χ1) is 6.67. The second-order valence-electron chi connectivity index (χ2n) is 3.14. The second kappa shape index (κ2) is 5.56. The molecule has 76 valence electrons. The van der Waals surface area contributed by atoms with Crippen LogP contribution in [0, 0.1) is 0 Å². The minimum Gasteiger partial charge on any atom is -0.298 e. The molecule has 0 fully saturated rings. The van der Waals surface area contributed by atoms with Crippen LogP contribution < -0.4 is 0 Å². The second-order valence-corrected chi connectivity index (χ2v) is 5.50. The number of carbonyl (C=O) groups is 1. The van der Waals surface area contributed by atoms with E-state index in [1.807, 2.05) is 30.0 Å². The number of aldehydes is 1. The van der Waals surface area contributed by atoms with E-state index in [4.69, 9.17) is 0 Å². The molecule has 0 aliphatic carbocycles. The Morgan fingerprint density at radius 1 is 1.57 bits per heavy atom. The van der Waals surface area contributed by atoms with Gasteiger partial charge in [-0.3, -0.25) is 4.79 Å². The third kappa shape index (κ3) is 3.14.